The molecule has 3 amide bonds. The molecule has 0 bridgehead atoms. The molecule has 0 aliphatic carbocycles. The number of carbonyl (C=O) groups excluding carboxylic acids is 2. The second-order valence-corrected chi connectivity index (χ2v) is 7.43. The van der Waals surface area contributed by atoms with E-state index in [1.54, 1.807) is 18.2 Å². The van der Waals surface area contributed by atoms with Crippen LogP contribution in [0, 0.1) is 0 Å². The van der Waals surface area contributed by atoms with Crippen LogP contribution in [-0.2, 0) is 16.9 Å². The van der Waals surface area contributed by atoms with Gasteiger partial charge in [0, 0.05) is 5.56 Å². The fourth-order valence-electron chi connectivity index (χ4n) is 3.55. The maximum absolute atomic E-state index is 13.1. The molecule has 12 heteroatoms. The number of hydrogen-bond acceptors (Lipinski definition) is 8. The third kappa shape index (κ3) is 4.21. The predicted octanol–water partition coefficient (Wildman–Crippen LogP) is 3.32. The van der Waals surface area contributed by atoms with Gasteiger partial charge in [0.1, 0.15) is 17.8 Å². The normalized spacial score (nSPS) is 17.8. The topological polar surface area (TPSA) is 116 Å². The number of alkyl halides is 2. The van der Waals surface area contributed by atoms with Crippen LogP contribution in [0.15, 0.2) is 47.0 Å². The monoisotopic (exact) mass is 474 g/mol. The molecule has 10 nitrogen and oxygen atoms in total. The molecule has 178 valence electrons. The summed E-state index contributed by atoms with van der Waals surface area (Å²) in [6.07, 6.45) is 0. The van der Waals surface area contributed by atoms with Crippen molar-refractivity contribution in [2.45, 2.75) is 25.6 Å². The highest BCUT2D eigenvalue weighted by molar-refractivity contribution is 6.07. The van der Waals surface area contributed by atoms with Crippen molar-refractivity contribution < 1.29 is 37.1 Å². The Hall–Kier alpha value is -4.22. The Labute approximate surface area is 192 Å². The van der Waals surface area contributed by atoms with Crippen molar-refractivity contribution in [2.75, 3.05) is 14.2 Å². The first kappa shape index (κ1) is 23.0. The molecule has 0 radical (unpaired) electrons. The molecule has 3 aromatic rings. The van der Waals surface area contributed by atoms with Gasteiger partial charge >= 0.3 is 12.6 Å². The molecule has 0 spiro atoms. The van der Waals surface area contributed by atoms with Gasteiger partial charge in [-0.3, -0.25) is 9.69 Å². The first-order chi connectivity index (χ1) is 16.2. The Morgan fingerprint density at radius 3 is 2.44 bits per heavy atom. The van der Waals surface area contributed by atoms with Crippen molar-refractivity contribution in [3.05, 3.63) is 53.9 Å². The maximum atomic E-state index is 13.1. The summed E-state index contributed by atoms with van der Waals surface area (Å²) in [4.78, 5) is 30.9. The minimum absolute atomic E-state index is 0.0400. The zero-order valence-electron chi connectivity index (χ0n) is 18.4. The van der Waals surface area contributed by atoms with Gasteiger partial charge in [-0.05, 0) is 42.8 Å². The molecule has 0 unspecified atom stereocenters. The molecule has 1 saturated heterocycles. The zero-order valence-corrected chi connectivity index (χ0v) is 18.4. The van der Waals surface area contributed by atoms with E-state index in [1.807, 2.05) is 0 Å². The standard InChI is InChI=1S/C22H20F2N4O6/c1-22(13-5-7-14(8-6-13)33-20(23)24)19(29)28(21(30)26-22)11-17-25-18(27-34-17)12-4-9-15(31-2)16(10-12)32-3/h4-10,20H,11H2,1-3H3,(H,26,30)/t22-/m1/s1. The van der Waals surface area contributed by atoms with Gasteiger partial charge in [0.2, 0.25) is 11.7 Å². The van der Waals surface area contributed by atoms with Crippen LogP contribution < -0.4 is 19.5 Å². The summed E-state index contributed by atoms with van der Waals surface area (Å²) in [5.41, 5.74) is -0.431. The van der Waals surface area contributed by atoms with E-state index < -0.39 is 24.1 Å². The Bertz CT molecular complexity index is 1220. The second kappa shape index (κ2) is 8.96. The Morgan fingerprint density at radius 1 is 1.09 bits per heavy atom. The van der Waals surface area contributed by atoms with Crippen LogP contribution in [0.3, 0.4) is 0 Å². The van der Waals surface area contributed by atoms with Crippen LogP contribution in [0.2, 0.25) is 0 Å². The zero-order chi connectivity index (χ0) is 24.5. The summed E-state index contributed by atoms with van der Waals surface area (Å²) in [6, 6.07) is 9.85. The smallest absolute Gasteiger partial charge is 0.387 e. The molecule has 1 aromatic heterocycles. The number of imide groups is 1. The number of amides is 3. The molecule has 4 rings (SSSR count). The van der Waals surface area contributed by atoms with Crippen molar-refractivity contribution in [1.82, 2.24) is 20.4 Å². The van der Waals surface area contributed by atoms with Crippen LogP contribution in [0.25, 0.3) is 11.4 Å². The lowest BCUT2D eigenvalue weighted by Crippen LogP contribution is -2.40. The number of hydrogen-bond donors (Lipinski definition) is 1. The summed E-state index contributed by atoms with van der Waals surface area (Å²) < 4.78 is 44.8. The van der Waals surface area contributed by atoms with E-state index in [-0.39, 0.29) is 24.0 Å². The quantitative estimate of drug-likeness (QED) is 0.495. The molecule has 2 aromatic carbocycles. The minimum atomic E-state index is -2.97. The number of halogens is 2. The van der Waals surface area contributed by atoms with Crippen molar-refractivity contribution in [2.24, 2.45) is 0 Å². The van der Waals surface area contributed by atoms with Crippen molar-refractivity contribution in [3.8, 4) is 28.6 Å². The Morgan fingerprint density at radius 2 is 1.79 bits per heavy atom. The Balaban J connectivity index is 1.52. The van der Waals surface area contributed by atoms with Crippen LogP contribution >= 0.6 is 0 Å². The van der Waals surface area contributed by atoms with Gasteiger partial charge in [-0.25, -0.2) is 4.79 Å². The highest BCUT2D eigenvalue weighted by Gasteiger charge is 2.49. The van der Waals surface area contributed by atoms with Crippen LogP contribution in [-0.4, -0.2) is 47.8 Å². The van der Waals surface area contributed by atoms with Crippen LogP contribution in [0.1, 0.15) is 18.4 Å². The van der Waals surface area contributed by atoms with Gasteiger partial charge < -0.3 is 24.1 Å². The number of benzene rings is 2. The summed E-state index contributed by atoms with van der Waals surface area (Å²) in [5, 5.41) is 6.53. The summed E-state index contributed by atoms with van der Waals surface area (Å²) >= 11 is 0. The fraction of sp³-hybridized carbons (Fsp3) is 0.273. The van der Waals surface area contributed by atoms with Gasteiger partial charge in [0.15, 0.2) is 11.5 Å². The van der Waals surface area contributed by atoms with Gasteiger partial charge in [-0.1, -0.05) is 17.3 Å². The first-order valence-electron chi connectivity index (χ1n) is 9.99. The second-order valence-electron chi connectivity index (χ2n) is 7.43. The number of aromatic nitrogens is 2. The minimum Gasteiger partial charge on any atom is -0.493 e. The number of nitrogens with one attached hydrogen (secondary N) is 1. The van der Waals surface area contributed by atoms with Crippen LogP contribution in [0.5, 0.6) is 17.2 Å². The molecule has 0 saturated carbocycles. The first-order valence-corrected chi connectivity index (χ1v) is 9.99. The summed E-state index contributed by atoms with van der Waals surface area (Å²) in [7, 11) is 3.01. The van der Waals surface area contributed by atoms with E-state index in [4.69, 9.17) is 14.0 Å². The van der Waals surface area contributed by atoms with E-state index in [1.165, 1.54) is 45.4 Å². The summed E-state index contributed by atoms with van der Waals surface area (Å²) in [6.45, 7) is -1.71. The van der Waals surface area contributed by atoms with E-state index in [0.29, 0.717) is 22.6 Å². The van der Waals surface area contributed by atoms with Crippen molar-refractivity contribution >= 4 is 11.9 Å². The number of carbonyl (C=O) groups is 2. The molecular formula is C22H20F2N4O6. The molecule has 1 fully saturated rings. The van der Waals surface area contributed by atoms with Gasteiger partial charge in [0.25, 0.3) is 5.91 Å². The van der Waals surface area contributed by atoms with E-state index >= 15 is 0 Å². The average Bonchev–Trinajstić information content (AvgIpc) is 3.37. The molecule has 2 heterocycles. The molecule has 1 atom stereocenters. The lowest BCUT2D eigenvalue weighted by atomic mass is 9.92. The molecule has 1 aliphatic rings. The summed E-state index contributed by atoms with van der Waals surface area (Å²) in [5.74, 6) is 0.651. The van der Waals surface area contributed by atoms with E-state index in [9.17, 15) is 18.4 Å². The van der Waals surface area contributed by atoms with Gasteiger partial charge in [-0.15, -0.1) is 0 Å². The maximum Gasteiger partial charge on any atom is 0.387 e. The average molecular weight is 474 g/mol. The van der Waals surface area contributed by atoms with Gasteiger partial charge in [0.05, 0.1) is 14.2 Å². The predicted molar refractivity (Wildman–Crippen MR) is 112 cm³/mol. The lowest BCUT2D eigenvalue weighted by molar-refractivity contribution is -0.131. The number of ether oxygens (including phenoxy) is 3. The van der Waals surface area contributed by atoms with E-state index in [0.717, 1.165) is 4.90 Å². The number of nitrogens with zero attached hydrogens (tertiary/aromatic N) is 3. The number of rotatable bonds is 8. The van der Waals surface area contributed by atoms with Crippen LogP contribution in [0.4, 0.5) is 13.6 Å². The highest BCUT2D eigenvalue weighted by atomic mass is 19.3. The molecular weight excluding hydrogens is 454 g/mol. The molecule has 1 aliphatic heterocycles. The third-order valence-electron chi connectivity index (χ3n) is 5.34. The highest BCUT2D eigenvalue weighted by Crippen LogP contribution is 2.33. The fourth-order valence-corrected chi connectivity index (χ4v) is 3.55. The molecule has 34 heavy (non-hydrogen) atoms. The largest absolute Gasteiger partial charge is 0.493 e. The Kier molecular flexibility index (Phi) is 6.05. The number of urea groups is 1. The third-order valence-corrected chi connectivity index (χ3v) is 5.34. The lowest BCUT2D eigenvalue weighted by Gasteiger charge is -2.22. The SMILES string of the molecule is COc1ccc(-c2noc(CN3C(=O)N[C@](C)(c4ccc(OC(F)F)cc4)C3=O)n2)cc1OC. The van der Waals surface area contributed by atoms with Crippen molar-refractivity contribution in [3.63, 3.8) is 0 Å². The van der Waals surface area contributed by atoms with E-state index in [2.05, 4.69) is 20.2 Å². The number of methoxy groups -OCH3 is 2. The van der Waals surface area contributed by atoms with Gasteiger partial charge in [-0.2, -0.15) is 13.8 Å². The molecule has 1 N–H and O–H groups in total. The van der Waals surface area contributed by atoms with Crippen molar-refractivity contribution in [1.29, 1.82) is 0 Å².